The third-order valence-electron chi connectivity index (χ3n) is 5.81. The molecular formula is C36H76N4O. The number of unbranched alkanes of at least 4 members (excludes halogenated alkanes) is 3. The number of hydrogen-bond acceptors (Lipinski definition) is 5. The first-order chi connectivity index (χ1) is 19.3. The summed E-state index contributed by atoms with van der Waals surface area (Å²) in [5.41, 5.74) is 10.2. The van der Waals surface area contributed by atoms with Crippen molar-refractivity contribution in [3.05, 3.63) is 28.8 Å². The van der Waals surface area contributed by atoms with Crippen LogP contribution in [0.15, 0.2) is 22.2 Å². The molecule has 1 heterocycles. The van der Waals surface area contributed by atoms with Crippen LogP contribution in [0.2, 0.25) is 0 Å². The van der Waals surface area contributed by atoms with Crippen molar-refractivity contribution in [3.8, 4) is 5.75 Å². The van der Waals surface area contributed by atoms with Crippen molar-refractivity contribution in [2.75, 3.05) is 13.6 Å². The molecule has 5 heteroatoms. The molecule has 5 nitrogen and oxygen atoms in total. The van der Waals surface area contributed by atoms with Crippen molar-refractivity contribution in [2.45, 2.75) is 173 Å². The summed E-state index contributed by atoms with van der Waals surface area (Å²) in [5, 5.41) is 14.2. The van der Waals surface area contributed by atoms with Gasteiger partial charge in [-0.25, -0.2) is 0 Å². The molecule has 0 saturated heterocycles. The molecule has 1 aliphatic heterocycles. The highest BCUT2D eigenvalue weighted by Crippen LogP contribution is 2.42. The lowest BCUT2D eigenvalue weighted by Crippen LogP contribution is -2.18. The van der Waals surface area contributed by atoms with Crippen molar-refractivity contribution in [1.29, 1.82) is 0 Å². The van der Waals surface area contributed by atoms with Gasteiger partial charge < -0.3 is 16.7 Å². The van der Waals surface area contributed by atoms with Crippen LogP contribution in [0.25, 0.3) is 0 Å². The molecule has 1 aliphatic rings. The van der Waals surface area contributed by atoms with Crippen LogP contribution in [0.4, 0.5) is 0 Å². The van der Waals surface area contributed by atoms with Gasteiger partial charge in [-0.1, -0.05) is 135 Å². The highest BCUT2D eigenvalue weighted by molar-refractivity contribution is 5.87. The number of rotatable bonds is 6. The first-order valence-corrected chi connectivity index (χ1v) is 16.5. The van der Waals surface area contributed by atoms with Gasteiger partial charge in [-0.05, 0) is 67.7 Å². The second-order valence-electron chi connectivity index (χ2n) is 11.2. The molecule has 1 unspecified atom stereocenters. The summed E-state index contributed by atoms with van der Waals surface area (Å²) in [6.07, 6.45) is 7.46. The zero-order valence-electron chi connectivity index (χ0n) is 31.2. The van der Waals surface area contributed by atoms with Crippen LogP contribution in [-0.4, -0.2) is 30.1 Å². The number of hydrogen-bond donors (Lipinski definition) is 3. The summed E-state index contributed by atoms with van der Waals surface area (Å²) >= 11 is 0. The molecule has 246 valence electrons. The fourth-order valence-electron chi connectivity index (χ4n) is 3.85. The topological polar surface area (TPSA) is 97.0 Å². The molecule has 0 fully saturated rings. The number of hydrazone groups is 1. The lowest BCUT2D eigenvalue weighted by atomic mass is 9.76. The van der Waals surface area contributed by atoms with Crippen molar-refractivity contribution in [1.82, 2.24) is 0 Å². The Morgan fingerprint density at radius 3 is 1.54 bits per heavy atom. The maximum Gasteiger partial charge on any atom is 0.123 e. The summed E-state index contributed by atoms with van der Waals surface area (Å²) in [5.74, 6) is 5.71. The van der Waals surface area contributed by atoms with E-state index < -0.39 is 0 Å². The Kier molecular flexibility index (Phi) is 35.3. The average molecular weight is 581 g/mol. The van der Waals surface area contributed by atoms with Crippen LogP contribution < -0.4 is 11.6 Å². The zero-order chi connectivity index (χ0) is 33.8. The van der Waals surface area contributed by atoms with Gasteiger partial charge in [0.15, 0.2) is 0 Å². The molecule has 0 bridgehead atoms. The first-order valence-electron chi connectivity index (χ1n) is 16.5. The van der Waals surface area contributed by atoms with Gasteiger partial charge in [0.05, 0.1) is 0 Å². The second-order valence-corrected chi connectivity index (χ2v) is 11.2. The van der Waals surface area contributed by atoms with E-state index in [2.05, 4.69) is 71.4 Å². The van der Waals surface area contributed by atoms with Gasteiger partial charge in [-0.3, -0.25) is 4.99 Å². The Labute approximate surface area is 259 Å². The SMILES string of the molecule is CC.CC.CC.CC.CC(C)=NN.CCCCCCC1=NCC(c2cc(C(C)(C)C)c(O)c(C(C)(C)C)c2)C1.CN. The molecule has 1 aromatic rings. The van der Waals surface area contributed by atoms with Crippen LogP contribution in [0.3, 0.4) is 0 Å². The quantitative estimate of drug-likeness (QED) is 0.135. The number of aromatic hydroxyl groups is 1. The molecule has 0 aromatic heterocycles. The standard InChI is InChI=1S/C24H39NO.C3H8N2.4C2H6.CH5N/c1-8-9-10-11-12-19-13-18(16-25-19)17-14-20(23(2,3)4)22(26)21(15-17)24(5,6)7;1-3(2)5-4;5*1-2/h14-15,18,26H,8-13,16H2,1-7H3;4H2,1-2H3;4*1-2H3;2H2,1H3. The maximum absolute atomic E-state index is 10.9. The minimum atomic E-state index is -0.0669. The predicted octanol–water partition coefficient (Wildman–Crippen LogP) is 10.9. The van der Waals surface area contributed by atoms with E-state index in [1.807, 2.05) is 69.2 Å². The van der Waals surface area contributed by atoms with Gasteiger partial charge in [0.1, 0.15) is 5.75 Å². The smallest absolute Gasteiger partial charge is 0.123 e. The fraction of sp³-hybridized carbons (Fsp3) is 0.778. The molecule has 0 aliphatic carbocycles. The molecular weight excluding hydrogens is 504 g/mol. The molecule has 0 amide bonds. The fourth-order valence-corrected chi connectivity index (χ4v) is 3.85. The third kappa shape index (κ3) is 22.4. The average Bonchev–Trinajstić information content (AvgIpc) is 3.45. The Morgan fingerprint density at radius 1 is 0.829 bits per heavy atom. The van der Waals surface area contributed by atoms with E-state index in [0.717, 1.165) is 36.2 Å². The molecule has 5 N–H and O–H groups in total. The lowest BCUT2D eigenvalue weighted by Gasteiger charge is -2.29. The van der Waals surface area contributed by atoms with E-state index in [9.17, 15) is 5.11 Å². The van der Waals surface area contributed by atoms with Gasteiger partial charge in [-0.15, -0.1) is 0 Å². The predicted molar refractivity (Wildman–Crippen MR) is 192 cm³/mol. The van der Waals surface area contributed by atoms with Gasteiger partial charge >= 0.3 is 0 Å². The molecule has 1 aromatic carbocycles. The van der Waals surface area contributed by atoms with E-state index in [4.69, 9.17) is 10.8 Å². The summed E-state index contributed by atoms with van der Waals surface area (Å²) in [7, 11) is 1.50. The maximum atomic E-state index is 10.9. The van der Waals surface area contributed by atoms with Gasteiger partial charge in [0.25, 0.3) is 0 Å². The second kappa shape index (κ2) is 29.6. The van der Waals surface area contributed by atoms with Crippen LogP contribution in [0.5, 0.6) is 5.75 Å². The van der Waals surface area contributed by atoms with E-state index in [0.29, 0.717) is 11.7 Å². The summed E-state index contributed by atoms with van der Waals surface area (Å²) in [6.45, 7) is 36.0. The first kappa shape index (κ1) is 48.8. The van der Waals surface area contributed by atoms with Crippen molar-refractivity contribution >= 4 is 11.4 Å². The highest BCUT2D eigenvalue weighted by atomic mass is 16.3. The Hall–Kier alpha value is -1.88. The lowest BCUT2D eigenvalue weighted by molar-refractivity contribution is 0.422. The molecule has 0 spiro atoms. The van der Waals surface area contributed by atoms with E-state index >= 15 is 0 Å². The molecule has 41 heavy (non-hydrogen) atoms. The minimum Gasteiger partial charge on any atom is -0.507 e. The van der Waals surface area contributed by atoms with Gasteiger partial charge in [0.2, 0.25) is 0 Å². The van der Waals surface area contributed by atoms with Crippen LogP contribution >= 0.6 is 0 Å². The van der Waals surface area contributed by atoms with E-state index in [1.165, 1.54) is 44.0 Å². The van der Waals surface area contributed by atoms with Crippen LogP contribution in [-0.2, 0) is 10.8 Å². The van der Waals surface area contributed by atoms with Crippen molar-refractivity contribution < 1.29 is 5.11 Å². The Bertz CT molecular complexity index is 730. The van der Waals surface area contributed by atoms with Gasteiger partial charge in [0, 0.05) is 23.9 Å². The van der Waals surface area contributed by atoms with E-state index in [1.54, 1.807) is 0 Å². The van der Waals surface area contributed by atoms with Gasteiger partial charge in [-0.2, -0.15) is 5.10 Å². The summed E-state index contributed by atoms with van der Waals surface area (Å²) in [6, 6.07) is 4.48. The number of nitrogens with two attached hydrogens (primary N) is 2. The molecule has 0 saturated carbocycles. The minimum absolute atomic E-state index is 0.0669. The largest absolute Gasteiger partial charge is 0.507 e. The summed E-state index contributed by atoms with van der Waals surface area (Å²) < 4.78 is 0. The van der Waals surface area contributed by atoms with Crippen LogP contribution in [0.1, 0.15) is 179 Å². The summed E-state index contributed by atoms with van der Waals surface area (Å²) in [4.78, 5) is 4.85. The van der Waals surface area contributed by atoms with Crippen LogP contribution in [0, 0.1) is 0 Å². The van der Waals surface area contributed by atoms with Crippen molar-refractivity contribution in [3.63, 3.8) is 0 Å². The van der Waals surface area contributed by atoms with E-state index in [-0.39, 0.29) is 10.8 Å². The third-order valence-corrected chi connectivity index (χ3v) is 5.81. The number of nitrogens with zero attached hydrogens (tertiary/aromatic N) is 2. The number of phenolic OH excluding ortho intramolecular Hbond substituents is 1. The normalized spacial score (nSPS) is 13.1. The molecule has 0 radical (unpaired) electrons. The molecule has 2 rings (SSSR count). The number of benzene rings is 1. The Morgan fingerprint density at radius 2 is 1.22 bits per heavy atom. The monoisotopic (exact) mass is 581 g/mol. The zero-order valence-corrected chi connectivity index (χ0v) is 31.2. The number of aliphatic imine (C=N–C) groups is 1. The highest BCUT2D eigenvalue weighted by Gasteiger charge is 2.29. The number of phenols is 1. The molecule has 1 atom stereocenters. The van der Waals surface area contributed by atoms with Crippen molar-refractivity contribution in [2.24, 2.45) is 21.7 Å². The Balaban J connectivity index is -0.000000245.